The number of methoxy groups -OCH3 is 1. The summed E-state index contributed by atoms with van der Waals surface area (Å²) in [6.07, 6.45) is 4.26. The third kappa shape index (κ3) is 9.83. The lowest BCUT2D eigenvalue weighted by Gasteiger charge is -2.15. The number of anilines is 2. The van der Waals surface area contributed by atoms with Crippen molar-refractivity contribution in [1.82, 2.24) is 38.7 Å². The molecule has 1 atom stereocenters. The molecule has 4 heterocycles. The Labute approximate surface area is 363 Å². The standard InChI is InChI=1S/C44H54N12O7/c1-9-55-32(18-25(5)51-55)41(60)49-43-48-31-21-29(40(46)59)23-35(62-8)38(31)53(43)15-11-12-16-54-39-30(47-44(54)50-42(61)33-19-26(6)52-56(33)10-2)20-28(27(7)57)22-36(39)63-17-13-14-34(58)37(45)24(3)4/h11-12,18-24,37H,9-10,13-17,45H2,1-8H3,(H2,46,59)(H,47,50,61)(H,48,49,60)/b12-11+/t37-/m0/s1. The second-order valence-electron chi connectivity index (χ2n) is 15.4. The molecule has 0 fully saturated rings. The van der Waals surface area contributed by atoms with Gasteiger partial charge in [-0.05, 0) is 83.4 Å². The zero-order valence-corrected chi connectivity index (χ0v) is 36.8. The van der Waals surface area contributed by atoms with Crippen LogP contribution in [0.5, 0.6) is 11.5 Å². The molecule has 6 N–H and O–H groups in total. The SMILES string of the molecule is CCn1nc(C)cc1C(=O)Nc1nc2cc(C(N)=O)cc(OC)c2n1C/C=C/Cn1c(NC(=O)c2cc(C)nn2CC)nc2cc(C(C)=O)cc(OCCCC(=O)[C@@H](N)C(C)C)c21. The van der Waals surface area contributed by atoms with Gasteiger partial charge in [-0.25, -0.2) is 9.97 Å². The Hall–Kier alpha value is -7.15. The molecule has 0 bridgehead atoms. The van der Waals surface area contributed by atoms with Crippen LogP contribution in [0.3, 0.4) is 0 Å². The molecule has 0 unspecified atom stereocenters. The van der Waals surface area contributed by atoms with Crippen LogP contribution in [0.15, 0.2) is 48.6 Å². The zero-order chi connectivity index (χ0) is 45.7. The van der Waals surface area contributed by atoms with Gasteiger partial charge in [0.15, 0.2) is 5.78 Å². The molecule has 3 amide bonds. The minimum Gasteiger partial charge on any atom is -0.494 e. The Morgan fingerprint density at radius 2 is 1.25 bits per heavy atom. The molecule has 2 aromatic carbocycles. The summed E-state index contributed by atoms with van der Waals surface area (Å²) in [6, 6.07) is 9.08. The van der Waals surface area contributed by atoms with Crippen LogP contribution in [0.1, 0.15) is 101 Å². The zero-order valence-electron chi connectivity index (χ0n) is 36.8. The molecule has 332 valence electrons. The number of allylic oxidation sites excluding steroid dienone is 2. The maximum atomic E-state index is 13.8. The van der Waals surface area contributed by atoms with Crippen LogP contribution >= 0.6 is 0 Å². The van der Waals surface area contributed by atoms with E-state index in [1.54, 1.807) is 56.6 Å². The van der Waals surface area contributed by atoms with E-state index >= 15 is 0 Å². The molecule has 0 saturated heterocycles. The average Bonchev–Trinajstić information content (AvgIpc) is 4.02. The van der Waals surface area contributed by atoms with Crippen LogP contribution in [-0.4, -0.2) is 87.7 Å². The van der Waals surface area contributed by atoms with Gasteiger partial charge in [0, 0.05) is 43.7 Å². The number of hydrogen-bond donors (Lipinski definition) is 4. The lowest BCUT2D eigenvalue weighted by atomic mass is 9.98. The van der Waals surface area contributed by atoms with Crippen LogP contribution in [0, 0.1) is 19.8 Å². The third-order valence-electron chi connectivity index (χ3n) is 10.5. The predicted octanol–water partition coefficient (Wildman–Crippen LogP) is 5.22. The highest BCUT2D eigenvalue weighted by atomic mass is 16.5. The fourth-order valence-electron chi connectivity index (χ4n) is 7.21. The van der Waals surface area contributed by atoms with Crippen LogP contribution in [0.4, 0.5) is 11.9 Å². The quantitative estimate of drug-likeness (QED) is 0.0438. The molecule has 0 spiro atoms. The Bertz CT molecular complexity index is 2750. The van der Waals surface area contributed by atoms with E-state index in [4.69, 9.17) is 25.9 Å². The minimum absolute atomic E-state index is 0.00322. The number of hydrogen-bond acceptors (Lipinski definition) is 12. The van der Waals surface area contributed by atoms with Crippen LogP contribution in [0.25, 0.3) is 22.1 Å². The average molecular weight is 863 g/mol. The van der Waals surface area contributed by atoms with E-state index < -0.39 is 23.8 Å². The predicted molar refractivity (Wildman–Crippen MR) is 237 cm³/mol. The van der Waals surface area contributed by atoms with Crippen molar-refractivity contribution in [2.75, 3.05) is 24.4 Å². The van der Waals surface area contributed by atoms with Gasteiger partial charge in [0.1, 0.15) is 39.7 Å². The maximum absolute atomic E-state index is 13.8. The molecule has 4 aromatic heterocycles. The number of ketones is 2. The number of rotatable bonds is 20. The normalized spacial score (nSPS) is 12.1. The summed E-state index contributed by atoms with van der Waals surface area (Å²) in [6.45, 7) is 13.9. The Kier molecular flexibility index (Phi) is 13.9. The largest absolute Gasteiger partial charge is 0.494 e. The fourth-order valence-corrected chi connectivity index (χ4v) is 7.21. The number of carbonyl (C=O) groups is 5. The number of carbonyl (C=O) groups excluding carboxylic acids is 5. The lowest BCUT2D eigenvalue weighted by Crippen LogP contribution is -2.35. The van der Waals surface area contributed by atoms with Gasteiger partial charge in [-0.2, -0.15) is 10.2 Å². The fraction of sp³-hybridized carbons (Fsp3) is 0.386. The number of ether oxygens (including phenoxy) is 2. The number of nitrogens with two attached hydrogens (primary N) is 2. The maximum Gasteiger partial charge on any atom is 0.276 e. The summed E-state index contributed by atoms with van der Waals surface area (Å²) in [4.78, 5) is 74.6. The van der Waals surface area contributed by atoms with Gasteiger partial charge < -0.3 is 30.1 Å². The number of nitrogens with one attached hydrogen (secondary N) is 2. The first kappa shape index (κ1) is 45.4. The molecule has 0 saturated carbocycles. The number of aromatic nitrogens is 8. The Balaban J connectivity index is 1.39. The van der Waals surface area contributed by atoms with Gasteiger partial charge in [-0.15, -0.1) is 0 Å². The van der Waals surface area contributed by atoms with Crippen molar-refractivity contribution in [3.63, 3.8) is 0 Å². The molecular weight excluding hydrogens is 809 g/mol. The van der Waals surface area contributed by atoms with Crippen molar-refractivity contribution in [1.29, 1.82) is 0 Å². The van der Waals surface area contributed by atoms with E-state index in [0.717, 1.165) is 0 Å². The number of fused-ring (bicyclic) bond motifs is 2. The van der Waals surface area contributed by atoms with Crippen molar-refractivity contribution < 1.29 is 33.4 Å². The lowest BCUT2D eigenvalue weighted by molar-refractivity contribution is -0.121. The highest BCUT2D eigenvalue weighted by Crippen LogP contribution is 2.33. The number of benzene rings is 2. The topological polar surface area (TPSA) is 251 Å². The second kappa shape index (κ2) is 19.3. The molecule has 0 radical (unpaired) electrons. The van der Waals surface area contributed by atoms with E-state index in [2.05, 4.69) is 25.8 Å². The van der Waals surface area contributed by atoms with Crippen LogP contribution < -0.4 is 31.6 Å². The Morgan fingerprint density at radius 1 is 0.762 bits per heavy atom. The van der Waals surface area contributed by atoms with Gasteiger partial charge in [0.2, 0.25) is 17.8 Å². The molecule has 0 aliphatic rings. The number of amides is 3. The summed E-state index contributed by atoms with van der Waals surface area (Å²) in [5.74, 6) is -0.871. The smallest absolute Gasteiger partial charge is 0.276 e. The molecule has 0 aliphatic carbocycles. The number of imidazole rings is 2. The molecular formula is C44H54N12O7. The van der Waals surface area contributed by atoms with Gasteiger partial charge in [0.05, 0.1) is 42.2 Å². The van der Waals surface area contributed by atoms with Gasteiger partial charge in [-0.3, -0.25) is 44.0 Å². The number of Topliss-reactive ketones (excluding diaryl/α,β-unsaturated/α-hetero) is 2. The van der Waals surface area contributed by atoms with E-state index in [1.807, 2.05) is 39.8 Å². The number of aryl methyl sites for hydroxylation is 4. The number of nitrogens with zero attached hydrogens (tertiary/aromatic N) is 8. The Morgan fingerprint density at radius 3 is 1.71 bits per heavy atom. The molecule has 6 aromatic rings. The summed E-state index contributed by atoms with van der Waals surface area (Å²) >= 11 is 0. The summed E-state index contributed by atoms with van der Waals surface area (Å²) < 4.78 is 18.7. The van der Waals surface area contributed by atoms with E-state index in [9.17, 15) is 24.0 Å². The first-order chi connectivity index (χ1) is 30.0. The first-order valence-electron chi connectivity index (χ1n) is 20.8. The van der Waals surface area contributed by atoms with Gasteiger partial charge in [-0.1, -0.05) is 26.0 Å². The van der Waals surface area contributed by atoms with Gasteiger partial charge >= 0.3 is 0 Å². The molecule has 0 aliphatic heterocycles. The summed E-state index contributed by atoms with van der Waals surface area (Å²) in [5, 5.41) is 14.7. The molecule has 6 rings (SSSR count). The van der Waals surface area contributed by atoms with Crippen molar-refractivity contribution in [2.24, 2.45) is 17.4 Å². The van der Waals surface area contributed by atoms with E-state index in [1.165, 1.54) is 26.2 Å². The van der Waals surface area contributed by atoms with E-state index in [0.29, 0.717) is 81.4 Å². The van der Waals surface area contributed by atoms with Crippen molar-refractivity contribution in [2.45, 2.75) is 93.5 Å². The van der Waals surface area contributed by atoms with Crippen molar-refractivity contribution >= 4 is 63.3 Å². The van der Waals surface area contributed by atoms with E-state index in [-0.39, 0.29) is 61.1 Å². The summed E-state index contributed by atoms with van der Waals surface area (Å²) in [7, 11) is 1.46. The minimum atomic E-state index is -0.676. The van der Waals surface area contributed by atoms with Crippen molar-refractivity contribution in [3.8, 4) is 11.5 Å². The second-order valence-corrected chi connectivity index (χ2v) is 15.4. The van der Waals surface area contributed by atoms with Crippen LogP contribution in [0.2, 0.25) is 0 Å². The van der Waals surface area contributed by atoms with Crippen molar-refractivity contribution in [3.05, 3.63) is 82.5 Å². The first-order valence-corrected chi connectivity index (χ1v) is 20.8. The number of primary amides is 1. The molecule has 19 nitrogen and oxygen atoms in total. The highest BCUT2D eigenvalue weighted by Gasteiger charge is 2.24. The highest BCUT2D eigenvalue weighted by molar-refractivity contribution is 6.05. The van der Waals surface area contributed by atoms with Crippen LogP contribution in [-0.2, 0) is 31.0 Å². The molecule has 19 heteroatoms. The molecule has 63 heavy (non-hydrogen) atoms. The monoisotopic (exact) mass is 862 g/mol. The summed E-state index contributed by atoms with van der Waals surface area (Å²) in [5.41, 5.74) is 16.0. The third-order valence-corrected chi connectivity index (χ3v) is 10.5. The van der Waals surface area contributed by atoms with Gasteiger partial charge in [0.25, 0.3) is 11.8 Å².